The summed E-state index contributed by atoms with van der Waals surface area (Å²) in [7, 11) is 0. The first-order valence-corrected chi connectivity index (χ1v) is 8.02. The molecule has 2 rings (SSSR count). The first kappa shape index (κ1) is 16.3. The Morgan fingerprint density at radius 2 is 1.81 bits per heavy atom. The number of hydrogen-bond donors (Lipinski definition) is 1. The summed E-state index contributed by atoms with van der Waals surface area (Å²) in [6.07, 6.45) is 0.845. The van der Waals surface area contributed by atoms with E-state index >= 15 is 0 Å². The van der Waals surface area contributed by atoms with Crippen LogP contribution in [-0.4, -0.2) is 6.04 Å². The third-order valence-corrected chi connectivity index (χ3v) is 4.03. The molecule has 1 atom stereocenters. The lowest BCUT2D eigenvalue weighted by Gasteiger charge is -2.14. The van der Waals surface area contributed by atoms with E-state index in [1.54, 1.807) is 0 Å². The first-order chi connectivity index (χ1) is 9.86. The summed E-state index contributed by atoms with van der Waals surface area (Å²) in [4.78, 5) is 0. The number of halogens is 2. The van der Waals surface area contributed by atoms with Crippen molar-refractivity contribution in [3.63, 3.8) is 0 Å². The molecule has 0 aliphatic rings. The zero-order valence-electron chi connectivity index (χ0n) is 12.4. The molecule has 1 unspecified atom stereocenters. The third kappa shape index (κ3) is 4.22. The minimum absolute atomic E-state index is 0.143. The summed E-state index contributed by atoms with van der Waals surface area (Å²) >= 11 is 9.62. The molecule has 2 aromatic carbocycles. The monoisotopic (exact) mass is 367 g/mol. The number of benzene rings is 2. The van der Waals surface area contributed by atoms with Gasteiger partial charge in [-0.15, -0.1) is 0 Å². The van der Waals surface area contributed by atoms with Gasteiger partial charge in [0.1, 0.15) is 11.5 Å². The Kier molecular flexibility index (Phi) is 5.31. The Labute approximate surface area is 139 Å². The van der Waals surface area contributed by atoms with Crippen molar-refractivity contribution in [1.29, 1.82) is 0 Å². The van der Waals surface area contributed by atoms with E-state index in [0.717, 1.165) is 38.5 Å². The second kappa shape index (κ2) is 6.82. The zero-order valence-corrected chi connectivity index (χ0v) is 14.8. The minimum Gasteiger partial charge on any atom is -0.456 e. The van der Waals surface area contributed by atoms with Crippen molar-refractivity contribution in [2.45, 2.75) is 33.2 Å². The average molecular weight is 369 g/mol. The van der Waals surface area contributed by atoms with Crippen molar-refractivity contribution in [3.05, 3.63) is 56.5 Å². The van der Waals surface area contributed by atoms with Gasteiger partial charge < -0.3 is 10.5 Å². The van der Waals surface area contributed by atoms with Crippen LogP contribution in [0.4, 0.5) is 0 Å². The van der Waals surface area contributed by atoms with E-state index in [2.05, 4.69) is 22.0 Å². The van der Waals surface area contributed by atoms with Crippen molar-refractivity contribution < 1.29 is 4.74 Å². The van der Waals surface area contributed by atoms with Crippen LogP contribution < -0.4 is 10.5 Å². The lowest BCUT2D eigenvalue weighted by molar-refractivity contribution is 0.472. The van der Waals surface area contributed by atoms with E-state index < -0.39 is 0 Å². The number of hydrogen-bond acceptors (Lipinski definition) is 2. The fourth-order valence-electron chi connectivity index (χ4n) is 2.29. The highest BCUT2D eigenvalue weighted by Gasteiger charge is 2.10. The van der Waals surface area contributed by atoms with Crippen LogP contribution in [0.15, 0.2) is 34.8 Å². The Morgan fingerprint density at radius 1 is 1.19 bits per heavy atom. The maximum atomic E-state index is 6.05. The molecule has 2 aromatic rings. The predicted molar refractivity (Wildman–Crippen MR) is 92.5 cm³/mol. The topological polar surface area (TPSA) is 35.2 Å². The molecule has 0 spiro atoms. The molecule has 21 heavy (non-hydrogen) atoms. The van der Waals surface area contributed by atoms with E-state index in [1.807, 2.05) is 45.0 Å². The Balaban J connectivity index is 2.28. The molecule has 2 N–H and O–H groups in total. The summed E-state index contributed by atoms with van der Waals surface area (Å²) < 4.78 is 6.97. The Bertz CT molecular complexity index is 632. The molecule has 0 heterocycles. The average Bonchev–Trinajstić information content (AvgIpc) is 2.35. The quantitative estimate of drug-likeness (QED) is 0.784. The number of ether oxygens (including phenoxy) is 1. The van der Waals surface area contributed by atoms with E-state index in [9.17, 15) is 0 Å². The van der Waals surface area contributed by atoms with Crippen LogP contribution >= 0.6 is 27.5 Å². The zero-order chi connectivity index (χ0) is 15.6. The second-order valence-electron chi connectivity index (χ2n) is 5.42. The van der Waals surface area contributed by atoms with Gasteiger partial charge in [-0.2, -0.15) is 0 Å². The molecular formula is C17H19BrClNO. The molecule has 0 aliphatic carbocycles. The summed E-state index contributed by atoms with van der Waals surface area (Å²) in [5, 5.41) is 0.726. The van der Waals surface area contributed by atoms with Crippen molar-refractivity contribution in [3.8, 4) is 11.5 Å². The highest BCUT2D eigenvalue weighted by Crippen LogP contribution is 2.35. The SMILES string of the molecule is Cc1cc(Cl)cc(C)c1Oc1ccc(CC(C)N)cc1Br. The molecule has 0 aliphatic heterocycles. The standard InChI is InChI=1S/C17H19BrClNO/c1-10-6-14(19)7-11(2)17(10)21-16-5-4-13(8-12(3)20)9-15(16)18/h4-7,9,12H,8,20H2,1-3H3. The van der Waals surface area contributed by atoms with Gasteiger partial charge in [0.25, 0.3) is 0 Å². The van der Waals surface area contributed by atoms with E-state index in [1.165, 1.54) is 5.56 Å². The first-order valence-electron chi connectivity index (χ1n) is 6.85. The van der Waals surface area contributed by atoms with E-state index in [-0.39, 0.29) is 6.04 Å². The lowest BCUT2D eigenvalue weighted by Crippen LogP contribution is -2.17. The van der Waals surface area contributed by atoms with Crippen LogP contribution in [-0.2, 0) is 6.42 Å². The maximum Gasteiger partial charge on any atom is 0.141 e. The fraction of sp³-hybridized carbons (Fsp3) is 0.294. The van der Waals surface area contributed by atoms with Crippen molar-refractivity contribution in [2.75, 3.05) is 0 Å². The molecule has 0 bridgehead atoms. The molecular weight excluding hydrogens is 350 g/mol. The van der Waals surface area contributed by atoms with Crippen LogP contribution in [0.5, 0.6) is 11.5 Å². The molecule has 0 fully saturated rings. The van der Waals surface area contributed by atoms with Crippen LogP contribution in [0.1, 0.15) is 23.6 Å². The number of nitrogens with two attached hydrogens (primary N) is 1. The van der Waals surface area contributed by atoms with Gasteiger partial charge in [0.15, 0.2) is 0 Å². The molecule has 0 amide bonds. The second-order valence-corrected chi connectivity index (χ2v) is 6.71. The van der Waals surface area contributed by atoms with E-state index in [0.29, 0.717) is 0 Å². The largest absolute Gasteiger partial charge is 0.456 e. The number of rotatable bonds is 4. The highest BCUT2D eigenvalue weighted by atomic mass is 79.9. The molecule has 0 saturated heterocycles. The van der Waals surface area contributed by atoms with Gasteiger partial charge in [0.2, 0.25) is 0 Å². The number of aryl methyl sites for hydroxylation is 2. The molecule has 0 radical (unpaired) electrons. The lowest BCUT2D eigenvalue weighted by atomic mass is 10.1. The Hall–Kier alpha value is -1.03. The molecule has 0 saturated carbocycles. The van der Waals surface area contributed by atoms with Gasteiger partial charge in [-0.05, 0) is 84.1 Å². The summed E-state index contributed by atoms with van der Waals surface area (Å²) in [6.45, 7) is 5.98. The highest BCUT2D eigenvalue weighted by molar-refractivity contribution is 9.10. The van der Waals surface area contributed by atoms with Gasteiger partial charge in [0.05, 0.1) is 4.47 Å². The summed E-state index contributed by atoms with van der Waals surface area (Å²) in [6, 6.07) is 10.0. The third-order valence-electron chi connectivity index (χ3n) is 3.19. The minimum atomic E-state index is 0.143. The van der Waals surface area contributed by atoms with Gasteiger partial charge in [-0.25, -0.2) is 0 Å². The molecule has 2 nitrogen and oxygen atoms in total. The smallest absolute Gasteiger partial charge is 0.141 e. The van der Waals surface area contributed by atoms with Gasteiger partial charge in [-0.3, -0.25) is 0 Å². The summed E-state index contributed by atoms with van der Waals surface area (Å²) in [5.41, 5.74) is 9.06. The molecule has 4 heteroatoms. The molecule has 0 aromatic heterocycles. The van der Waals surface area contributed by atoms with Crippen LogP contribution in [0.2, 0.25) is 5.02 Å². The van der Waals surface area contributed by atoms with Gasteiger partial charge in [-0.1, -0.05) is 17.7 Å². The molecule has 112 valence electrons. The van der Waals surface area contributed by atoms with Crippen LogP contribution in [0.3, 0.4) is 0 Å². The van der Waals surface area contributed by atoms with Gasteiger partial charge >= 0.3 is 0 Å². The van der Waals surface area contributed by atoms with E-state index in [4.69, 9.17) is 22.1 Å². The Morgan fingerprint density at radius 3 is 2.33 bits per heavy atom. The van der Waals surface area contributed by atoms with Crippen molar-refractivity contribution >= 4 is 27.5 Å². The van der Waals surface area contributed by atoms with Crippen molar-refractivity contribution in [2.24, 2.45) is 5.73 Å². The predicted octanol–water partition coefficient (Wildman–Crippen LogP) is 5.40. The van der Waals surface area contributed by atoms with Crippen LogP contribution in [0.25, 0.3) is 0 Å². The summed E-state index contributed by atoms with van der Waals surface area (Å²) in [5.74, 6) is 1.64. The normalized spacial score (nSPS) is 12.3. The maximum absolute atomic E-state index is 6.05. The van der Waals surface area contributed by atoms with Crippen molar-refractivity contribution in [1.82, 2.24) is 0 Å². The van der Waals surface area contributed by atoms with Gasteiger partial charge in [0, 0.05) is 11.1 Å². The fourth-order valence-corrected chi connectivity index (χ4v) is 3.13. The van der Waals surface area contributed by atoms with Crippen LogP contribution in [0, 0.1) is 13.8 Å².